The molecule has 0 fully saturated rings. The Morgan fingerprint density at radius 3 is 2.69 bits per heavy atom. The van der Waals surface area contributed by atoms with Crippen molar-refractivity contribution in [3.63, 3.8) is 0 Å². The van der Waals surface area contributed by atoms with Gasteiger partial charge in [0.1, 0.15) is 23.5 Å². The first-order valence-electron chi connectivity index (χ1n) is 9.59. The summed E-state index contributed by atoms with van der Waals surface area (Å²) >= 11 is 0. The molecule has 7 nitrogen and oxygen atoms in total. The van der Waals surface area contributed by atoms with Gasteiger partial charge in [-0.1, -0.05) is 54.5 Å². The molecular formula is C22H19N5O2. The van der Waals surface area contributed by atoms with Crippen molar-refractivity contribution in [2.24, 2.45) is 0 Å². The zero-order valence-electron chi connectivity index (χ0n) is 15.9. The van der Waals surface area contributed by atoms with Crippen molar-refractivity contribution in [2.75, 3.05) is 5.32 Å². The van der Waals surface area contributed by atoms with E-state index in [9.17, 15) is 0 Å². The van der Waals surface area contributed by atoms with Gasteiger partial charge < -0.3 is 14.3 Å². The molecule has 0 unspecified atom stereocenters. The molecule has 1 atom stereocenters. The van der Waals surface area contributed by atoms with Crippen LogP contribution in [-0.2, 0) is 6.42 Å². The Labute approximate surface area is 166 Å². The molecule has 2 aromatic carbocycles. The standard InChI is InChI=1S/C22H19N5O2/c1-2-8-17-25-21(27-29-17)18(14-9-4-3-5-10-14)26-22-20-19(23-13-24-22)15-11-6-7-12-16(15)28-20/h3-7,9-13,18H,2,8H2,1H3,(H,23,24,26)/t18-/m0/s1. The fourth-order valence-corrected chi connectivity index (χ4v) is 3.41. The lowest BCUT2D eigenvalue weighted by atomic mass is 10.1. The highest BCUT2D eigenvalue weighted by Crippen LogP contribution is 2.33. The van der Waals surface area contributed by atoms with Crippen LogP contribution in [0.4, 0.5) is 5.82 Å². The largest absolute Gasteiger partial charge is 0.450 e. The number of para-hydroxylation sites is 1. The number of hydrogen-bond donors (Lipinski definition) is 1. The van der Waals surface area contributed by atoms with E-state index in [0.717, 1.165) is 34.9 Å². The van der Waals surface area contributed by atoms with Gasteiger partial charge in [0.15, 0.2) is 17.2 Å². The number of aryl methyl sites for hydroxylation is 1. The molecule has 5 rings (SSSR count). The van der Waals surface area contributed by atoms with Crippen molar-refractivity contribution in [2.45, 2.75) is 25.8 Å². The number of anilines is 1. The van der Waals surface area contributed by atoms with Crippen molar-refractivity contribution < 1.29 is 8.94 Å². The van der Waals surface area contributed by atoms with E-state index in [-0.39, 0.29) is 6.04 Å². The number of benzene rings is 2. The number of rotatable bonds is 6. The minimum absolute atomic E-state index is 0.336. The normalized spacial score (nSPS) is 12.4. The molecular weight excluding hydrogens is 366 g/mol. The summed E-state index contributed by atoms with van der Waals surface area (Å²) in [6.45, 7) is 2.08. The molecule has 144 valence electrons. The second kappa shape index (κ2) is 7.35. The average molecular weight is 385 g/mol. The third-order valence-electron chi connectivity index (χ3n) is 4.78. The van der Waals surface area contributed by atoms with Crippen molar-refractivity contribution in [1.29, 1.82) is 0 Å². The zero-order valence-corrected chi connectivity index (χ0v) is 15.9. The molecule has 29 heavy (non-hydrogen) atoms. The van der Waals surface area contributed by atoms with E-state index in [2.05, 4.69) is 32.3 Å². The summed E-state index contributed by atoms with van der Waals surface area (Å²) in [5, 5.41) is 8.60. The smallest absolute Gasteiger partial charge is 0.226 e. The molecule has 0 aliphatic heterocycles. The number of aromatic nitrogens is 4. The van der Waals surface area contributed by atoms with Crippen LogP contribution in [-0.4, -0.2) is 20.1 Å². The van der Waals surface area contributed by atoms with Gasteiger partial charge >= 0.3 is 0 Å². The van der Waals surface area contributed by atoms with Gasteiger partial charge in [-0.3, -0.25) is 0 Å². The molecule has 0 bridgehead atoms. The lowest BCUT2D eigenvalue weighted by Crippen LogP contribution is -2.15. The number of furan rings is 1. The number of fused-ring (bicyclic) bond motifs is 3. The van der Waals surface area contributed by atoms with Gasteiger partial charge in [-0.15, -0.1) is 0 Å². The second-order valence-corrected chi connectivity index (χ2v) is 6.78. The van der Waals surface area contributed by atoms with Crippen LogP contribution in [0.2, 0.25) is 0 Å². The van der Waals surface area contributed by atoms with Crippen molar-refractivity contribution in [3.8, 4) is 0 Å². The average Bonchev–Trinajstić information content (AvgIpc) is 3.38. The minimum Gasteiger partial charge on any atom is -0.450 e. The van der Waals surface area contributed by atoms with E-state index in [1.807, 2.05) is 54.6 Å². The van der Waals surface area contributed by atoms with Crippen LogP contribution >= 0.6 is 0 Å². The first kappa shape index (κ1) is 17.4. The maximum absolute atomic E-state index is 6.05. The summed E-state index contributed by atoms with van der Waals surface area (Å²) in [6, 6.07) is 17.4. The first-order valence-corrected chi connectivity index (χ1v) is 9.59. The Bertz CT molecular complexity index is 1260. The van der Waals surface area contributed by atoms with E-state index in [1.165, 1.54) is 6.33 Å². The molecule has 5 aromatic rings. The van der Waals surface area contributed by atoms with Gasteiger partial charge in [0.2, 0.25) is 5.89 Å². The second-order valence-electron chi connectivity index (χ2n) is 6.78. The molecule has 0 aliphatic rings. The highest BCUT2D eigenvalue weighted by Gasteiger charge is 2.23. The summed E-state index contributed by atoms with van der Waals surface area (Å²) in [7, 11) is 0. The zero-order chi connectivity index (χ0) is 19.6. The number of hydrogen-bond acceptors (Lipinski definition) is 7. The maximum atomic E-state index is 6.05. The Balaban J connectivity index is 1.60. The molecule has 0 saturated heterocycles. The summed E-state index contributed by atoms with van der Waals surface area (Å²) in [4.78, 5) is 13.4. The van der Waals surface area contributed by atoms with Crippen LogP contribution < -0.4 is 5.32 Å². The topological polar surface area (TPSA) is 89.9 Å². The quantitative estimate of drug-likeness (QED) is 0.444. The van der Waals surface area contributed by atoms with Crippen LogP contribution in [0.25, 0.3) is 22.1 Å². The third-order valence-corrected chi connectivity index (χ3v) is 4.78. The molecule has 3 heterocycles. The fourth-order valence-electron chi connectivity index (χ4n) is 3.41. The van der Waals surface area contributed by atoms with Gasteiger partial charge in [-0.25, -0.2) is 9.97 Å². The molecule has 0 aliphatic carbocycles. The summed E-state index contributed by atoms with van der Waals surface area (Å²) in [5.74, 6) is 1.77. The number of nitrogens with one attached hydrogen (secondary N) is 1. The monoisotopic (exact) mass is 385 g/mol. The Hall–Kier alpha value is -3.74. The molecule has 0 saturated carbocycles. The maximum Gasteiger partial charge on any atom is 0.226 e. The van der Waals surface area contributed by atoms with Crippen LogP contribution in [0.3, 0.4) is 0 Å². The SMILES string of the molecule is CCCc1nc([C@@H](Nc2ncnc3c2oc2ccccc23)c2ccccc2)no1. The minimum atomic E-state index is -0.336. The third kappa shape index (κ3) is 3.20. The van der Waals surface area contributed by atoms with E-state index in [1.54, 1.807) is 0 Å². The van der Waals surface area contributed by atoms with E-state index < -0.39 is 0 Å². The van der Waals surface area contributed by atoms with Gasteiger partial charge in [-0.05, 0) is 24.1 Å². The highest BCUT2D eigenvalue weighted by atomic mass is 16.5. The lowest BCUT2D eigenvalue weighted by molar-refractivity contribution is 0.371. The highest BCUT2D eigenvalue weighted by molar-refractivity contribution is 6.05. The molecule has 0 radical (unpaired) electrons. The van der Waals surface area contributed by atoms with Crippen molar-refractivity contribution in [1.82, 2.24) is 20.1 Å². The summed E-state index contributed by atoms with van der Waals surface area (Å²) in [6.07, 6.45) is 3.22. The van der Waals surface area contributed by atoms with Crippen LogP contribution in [0.5, 0.6) is 0 Å². The molecule has 1 N–H and O–H groups in total. The molecule has 0 amide bonds. The summed E-state index contributed by atoms with van der Waals surface area (Å²) < 4.78 is 11.5. The van der Waals surface area contributed by atoms with Gasteiger partial charge in [-0.2, -0.15) is 4.98 Å². The van der Waals surface area contributed by atoms with Crippen molar-refractivity contribution >= 4 is 27.9 Å². The first-order chi connectivity index (χ1) is 14.3. The molecule has 7 heteroatoms. The van der Waals surface area contributed by atoms with Crippen LogP contribution in [0, 0.1) is 0 Å². The predicted octanol–water partition coefficient (Wildman–Crippen LogP) is 4.91. The Morgan fingerprint density at radius 1 is 1.00 bits per heavy atom. The van der Waals surface area contributed by atoms with E-state index in [0.29, 0.717) is 23.1 Å². The van der Waals surface area contributed by atoms with Gasteiger partial charge in [0.05, 0.1) is 0 Å². The number of nitrogens with zero attached hydrogens (tertiary/aromatic N) is 4. The Morgan fingerprint density at radius 2 is 1.83 bits per heavy atom. The van der Waals surface area contributed by atoms with Crippen LogP contribution in [0.15, 0.2) is 69.9 Å². The molecule has 0 spiro atoms. The lowest BCUT2D eigenvalue weighted by Gasteiger charge is -2.16. The Kier molecular flexibility index (Phi) is 4.40. The van der Waals surface area contributed by atoms with Gasteiger partial charge in [0, 0.05) is 11.8 Å². The van der Waals surface area contributed by atoms with Gasteiger partial charge in [0.25, 0.3) is 0 Å². The summed E-state index contributed by atoms with van der Waals surface area (Å²) in [5.41, 5.74) is 3.14. The van der Waals surface area contributed by atoms with E-state index in [4.69, 9.17) is 8.94 Å². The van der Waals surface area contributed by atoms with Crippen LogP contribution in [0.1, 0.15) is 36.7 Å². The fraction of sp³-hybridized carbons (Fsp3) is 0.182. The van der Waals surface area contributed by atoms with Crippen molar-refractivity contribution in [3.05, 3.63) is 78.2 Å². The van der Waals surface area contributed by atoms with E-state index >= 15 is 0 Å². The predicted molar refractivity (Wildman–Crippen MR) is 110 cm³/mol. The molecule has 3 aromatic heterocycles.